The second-order valence-electron chi connectivity index (χ2n) is 7.62. The highest BCUT2D eigenvalue weighted by molar-refractivity contribution is 7.98. The summed E-state index contributed by atoms with van der Waals surface area (Å²) in [6.07, 6.45) is 3.10. The lowest BCUT2D eigenvalue weighted by Gasteiger charge is -2.46. The fourth-order valence-electron chi connectivity index (χ4n) is 4.26. The van der Waals surface area contributed by atoms with Crippen LogP contribution in [0.25, 0.3) is 0 Å². The van der Waals surface area contributed by atoms with Crippen LogP contribution in [-0.2, 0) is 11.0 Å². The van der Waals surface area contributed by atoms with Crippen molar-refractivity contribution in [2.45, 2.75) is 56.3 Å². The number of anilines is 1. The van der Waals surface area contributed by atoms with E-state index in [0.717, 1.165) is 56.4 Å². The molecule has 5 nitrogen and oxygen atoms in total. The summed E-state index contributed by atoms with van der Waals surface area (Å²) in [7, 11) is 0. The number of hydrogen-bond donors (Lipinski definition) is 1. The van der Waals surface area contributed by atoms with E-state index in [1.165, 1.54) is 0 Å². The quantitative estimate of drug-likeness (QED) is 0.591. The van der Waals surface area contributed by atoms with Gasteiger partial charge in [-0.2, -0.15) is 13.2 Å². The fourth-order valence-corrected chi connectivity index (χ4v) is 4.64. The fraction of sp³-hybridized carbons (Fsp3) is 0.722. The first-order valence-electron chi connectivity index (χ1n) is 9.18. The van der Waals surface area contributed by atoms with Crippen molar-refractivity contribution < 1.29 is 23.1 Å². The molecule has 0 radical (unpaired) electrons. The molecule has 0 atom stereocenters. The van der Waals surface area contributed by atoms with Crippen LogP contribution in [0, 0.1) is 11.3 Å². The molecular formula is C18H24F3N3O2S. The van der Waals surface area contributed by atoms with E-state index in [0.29, 0.717) is 18.9 Å². The maximum atomic E-state index is 13.1. The van der Waals surface area contributed by atoms with Crippen molar-refractivity contribution in [1.82, 2.24) is 9.97 Å². The molecule has 1 aliphatic heterocycles. The van der Waals surface area contributed by atoms with Crippen molar-refractivity contribution in [3.8, 4) is 0 Å². The van der Waals surface area contributed by atoms with Crippen molar-refractivity contribution in [2.75, 3.05) is 24.2 Å². The van der Waals surface area contributed by atoms with Gasteiger partial charge in [-0.1, -0.05) is 11.8 Å². The predicted octanol–water partition coefficient (Wildman–Crippen LogP) is 4.47. The summed E-state index contributed by atoms with van der Waals surface area (Å²) in [5, 5.41) is 9.08. The van der Waals surface area contributed by atoms with E-state index in [1.807, 2.05) is 4.90 Å². The van der Waals surface area contributed by atoms with Crippen molar-refractivity contribution >= 4 is 23.5 Å². The SMILES string of the molecule is CSc1nc(N2CCC3(CCC(CC(=O)O)CC3)CC2)cc(C(F)(F)F)n1. The summed E-state index contributed by atoms with van der Waals surface area (Å²) in [4.78, 5) is 20.7. The lowest BCUT2D eigenvalue weighted by Crippen LogP contribution is -2.42. The molecule has 2 heterocycles. The number of carbonyl (C=O) groups is 1. The molecule has 150 valence electrons. The average molecular weight is 403 g/mol. The van der Waals surface area contributed by atoms with E-state index in [-0.39, 0.29) is 22.9 Å². The maximum absolute atomic E-state index is 13.1. The van der Waals surface area contributed by atoms with Crippen LogP contribution in [0.3, 0.4) is 0 Å². The molecular weight excluding hydrogens is 379 g/mol. The van der Waals surface area contributed by atoms with E-state index in [1.54, 1.807) is 6.26 Å². The standard InChI is InChI=1S/C18H24F3N3O2S/c1-27-16-22-13(18(19,20)21)11-14(23-16)24-8-6-17(7-9-24)4-2-12(3-5-17)10-15(25)26/h11-12H,2-10H2,1H3,(H,25,26). The summed E-state index contributed by atoms with van der Waals surface area (Å²) < 4.78 is 39.3. The number of thioether (sulfide) groups is 1. The lowest BCUT2D eigenvalue weighted by atomic mass is 9.65. The molecule has 0 amide bonds. The minimum absolute atomic E-state index is 0.134. The van der Waals surface area contributed by atoms with Gasteiger partial charge in [-0.15, -0.1) is 0 Å². The van der Waals surface area contributed by atoms with Crippen LogP contribution in [0.1, 0.15) is 50.6 Å². The third kappa shape index (κ3) is 4.86. The zero-order chi connectivity index (χ0) is 19.7. The highest BCUT2D eigenvalue weighted by Crippen LogP contribution is 2.47. The zero-order valence-corrected chi connectivity index (χ0v) is 16.1. The molecule has 1 aromatic rings. The van der Waals surface area contributed by atoms with Gasteiger partial charge < -0.3 is 10.0 Å². The zero-order valence-electron chi connectivity index (χ0n) is 15.3. The molecule has 0 bridgehead atoms. The highest BCUT2D eigenvalue weighted by atomic mass is 32.2. The summed E-state index contributed by atoms with van der Waals surface area (Å²) in [5.74, 6) is -0.137. The number of rotatable bonds is 4. The molecule has 1 aromatic heterocycles. The Hall–Kier alpha value is -1.51. The molecule has 3 rings (SSSR count). The van der Waals surface area contributed by atoms with Crippen LogP contribution in [0.2, 0.25) is 0 Å². The van der Waals surface area contributed by atoms with Crippen LogP contribution in [0.15, 0.2) is 11.2 Å². The van der Waals surface area contributed by atoms with E-state index in [9.17, 15) is 18.0 Å². The Morgan fingerprint density at radius 3 is 2.41 bits per heavy atom. The van der Waals surface area contributed by atoms with Crippen LogP contribution in [0.4, 0.5) is 19.0 Å². The van der Waals surface area contributed by atoms with Crippen LogP contribution < -0.4 is 4.90 Å². The number of carboxylic acid groups (broad SMARTS) is 1. The van der Waals surface area contributed by atoms with Gasteiger partial charge in [0.1, 0.15) is 5.82 Å². The van der Waals surface area contributed by atoms with Crippen LogP contribution in [0.5, 0.6) is 0 Å². The number of piperidine rings is 1. The Labute approximate surface area is 160 Å². The molecule has 1 saturated carbocycles. The molecule has 1 aliphatic carbocycles. The molecule has 0 unspecified atom stereocenters. The third-order valence-corrected chi connectivity index (χ3v) is 6.49. The number of hydrogen-bond acceptors (Lipinski definition) is 5. The molecule has 1 spiro atoms. The first-order valence-corrected chi connectivity index (χ1v) is 10.4. The second kappa shape index (κ2) is 7.85. The molecule has 1 saturated heterocycles. The van der Waals surface area contributed by atoms with Crippen molar-refractivity contribution in [3.63, 3.8) is 0 Å². The highest BCUT2D eigenvalue weighted by Gasteiger charge is 2.39. The summed E-state index contributed by atoms with van der Waals surface area (Å²) >= 11 is 1.11. The topological polar surface area (TPSA) is 66.3 Å². The molecule has 27 heavy (non-hydrogen) atoms. The molecule has 1 N–H and O–H groups in total. The Morgan fingerprint density at radius 2 is 1.89 bits per heavy atom. The third-order valence-electron chi connectivity index (χ3n) is 5.94. The first kappa shape index (κ1) is 20.2. The van der Waals surface area contributed by atoms with Gasteiger partial charge in [-0.05, 0) is 56.1 Å². The van der Waals surface area contributed by atoms with Gasteiger partial charge in [0, 0.05) is 25.6 Å². The van der Waals surface area contributed by atoms with Gasteiger partial charge in [0.15, 0.2) is 10.9 Å². The van der Waals surface area contributed by atoms with E-state index < -0.39 is 17.8 Å². The maximum Gasteiger partial charge on any atom is 0.433 e. The molecule has 2 fully saturated rings. The van der Waals surface area contributed by atoms with Crippen LogP contribution in [-0.4, -0.2) is 40.4 Å². The Bertz CT molecular complexity index is 681. The smallest absolute Gasteiger partial charge is 0.433 e. The Morgan fingerprint density at radius 1 is 1.26 bits per heavy atom. The molecule has 2 aliphatic rings. The molecule has 9 heteroatoms. The largest absolute Gasteiger partial charge is 0.481 e. The minimum Gasteiger partial charge on any atom is -0.481 e. The van der Waals surface area contributed by atoms with Gasteiger partial charge in [0.25, 0.3) is 0 Å². The van der Waals surface area contributed by atoms with E-state index >= 15 is 0 Å². The first-order chi connectivity index (χ1) is 12.7. The minimum atomic E-state index is -4.48. The number of aromatic nitrogens is 2. The van der Waals surface area contributed by atoms with Gasteiger partial charge in [0.05, 0.1) is 0 Å². The summed E-state index contributed by atoms with van der Waals surface area (Å²) in [6, 6.07) is 1.04. The van der Waals surface area contributed by atoms with Gasteiger partial charge in [-0.25, -0.2) is 9.97 Å². The van der Waals surface area contributed by atoms with Gasteiger partial charge in [-0.3, -0.25) is 4.79 Å². The van der Waals surface area contributed by atoms with E-state index in [2.05, 4.69) is 9.97 Å². The summed E-state index contributed by atoms with van der Waals surface area (Å²) in [6.45, 7) is 1.34. The van der Waals surface area contributed by atoms with Crippen molar-refractivity contribution in [2.24, 2.45) is 11.3 Å². The number of halogens is 3. The second-order valence-corrected chi connectivity index (χ2v) is 8.40. The van der Waals surface area contributed by atoms with Crippen molar-refractivity contribution in [3.05, 3.63) is 11.8 Å². The van der Waals surface area contributed by atoms with Crippen molar-refractivity contribution in [1.29, 1.82) is 0 Å². The number of carboxylic acids is 1. The lowest BCUT2D eigenvalue weighted by molar-refractivity contribution is -0.141. The average Bonchev–Trinajstić information content (AvgIpc) is 2.63. The normalized spacial score (nSPS) is 20.8. The van der Waals surface area contributed by atoms with Gasteiger partial charge >= 0.3 is 12.1 Å². The Balaban J connectivity index is 1.65. The predicted molar refractivity (Wildman–Crippen MR) is 96.9 cm³/mol. The Kier molecular flexibility index (Phi) is 5.88. The molecule has 0 aromatic carbocycles. The number of aliphatic carboxylic acids is 1. The monoisotopic (exact) mass is 403 g/mol. The number of nitrogens with zero attached hydrogens (tertiary/aromatic N) is 3. The van der Waals surface area contributed by atoms with Gasteiger partial charge in [0.2, 0.25) is 0 Å². The van der Waals surface area contributed by atoms with Crippen LogP contribution >= 0.6 is 11.8 Å². The van der Waals surface area contributed by atoms with E-state index in [4.69, 9.17) is 5.11 Å². The number of alkyl halides is 3. The summed E-state index contributed by atoms with van der Waals surface area (Å²) in [5.41, 5.74) is -0.695.